The molecule has 2 aromatic carbocycles. The Morgan fingerprint density at radius 2 is 1.93 bits per heavy atom. The predicted molar refractivity (Wildman–Crippen MR) is 125 cm³/mol. The molecule has 0 radical (unpaired) electrons. The summed E-state index contributed by atoms with van der Waals surface area (Å²) in [5.74, 6) is 0.605. The monoisotopic (exact) mass is 416 g/mol. The second-order valence-corrected chi connectivity index (χ2v) is 8.67. The van der Waals surface area contributed by atoms with Gasteiger partial charge in [-0.15, -0.1) is 17.9 Å². The number of aromatic hydroxyl groups is 1. The lowest BCUT2D eigenvalue weighted by Crippen LogP contribution is -2.24. The maximum absolute atomic E-state index is 13.1. The van der Waals surface area contributed by atoms with Crippen LogP contribution in [0.1, 0.15) is 35.8 Å². The molecule has 30 heavy (non-hydrogen) atoms. The summed E-state index contributed by atoms with van der Waals surface area (Å²) in [4.78, 5) is 18.6. The van der Waals surface area contributed by atoms with Gasteiger partial charge in [0.25, 0.3) is 0 Å². The van der Waals surface area contributed by atoms with E-state index in [0.29, 0.717) is 24.6 Å². The van der Waals surface area contributed by atoms with Gasteiger partial charge in [-0.1, -0.05) is 50.3 Å². The van der Waals surface area contributed by atoms with Crippen LogP contribution in [-0.4, -0.2) is 14.7 Å². The number of hydrogen-bond donors (Lipinski definition) is 1. The average molecular weight is 417 g/mol. The molecule has 0 bridgehead atoms. The highest BCUT2D eigenvalue weighted by atomic mass is 32.1. The molecule has 5 heteroatoms. The zero-order valence-electron chi connectivity index (χ0n) is 17.1. The Morgan fingerprint density at radius 3 is 2.57 bits per heavy atom. The highest BCUT2D eigenvalue weighted by Gasteiger charge is 2.18. The second-order valence-electron chi connectivity index (χ2n) is 7.64. The lowest BCUT2D eigenvalue weighted by molar-refractivity contribution is 0.470. The molecule has 0 aliphatic rings. The van der Waals surface area contributed by atoms with Gasteiger partial charge in [0.05, 0.1) is 17.8 Å². The van der Waals surface area contributed by atoms with Crippen molar-refractivity contribution in [3.05, 3.63) is 93.1 Å². The molecule has 4 aromatic rings. The van der Waals surface area contributed by atoms with Crippen molar-refractivity contribution in [2.45, 2.75) is 32.7 Å². The molecule has 4 rings (SSSR count). The van der Waals surface area contributed by atoms with Gasteiger partial charge in [0, 0.05) is 21.4 Å². The number of thiophene rings is 1. The SMILES string of the molecule is C=CCc1c(O)ccc2c1c(-c1ccc(C(C)C)cc1)nc(=O)n2Cc1cccs1. The van der Waals surface area contributed by atoms with Crippen LogP contribution in [0.3, 0.4) is 0 Å². The standard InChI is InChI=1S/C25H24N2O2S/c1-4-6-20-22(28)13-12-21-23(20)24(18-10-8-17(9-11-18)16(2)3)26-25(29)27(21)15-19-7-5-14-30-19/h4-5,7-14,16,28H,1,6,15H2,2-3H3. The minimum atomic E-state index is -0.297. The number of nitrogens with zero attached hydrogens (tertiary/aromatic N) is 2. The van der Waals surface area contributed by atoms with E-state index >= 15 is 0 Å². The van der Waals surface area contributed by atoms with Crippen molar-refractivity contribution in [1.29, 1.82) is 0 Å². The summed E-state index contributed by atoms with van der Waals surface area (Å²) in [6.45, 7) is 8.58. The average Bonchev–Trinajstić information content (AvgIpc) is 3.25. The van der Waals surface area contributed by atoms with Crippen LogP contribution in [0.25, 0.3) is 22.2 Å². The molecule has 0 saturated heterocycles. The highest BCUT2D eigenvalue weighted by Crippen LogP contribution is 2.34. The van der Waals surface area contributed by atoms with E-state index in [9.17, 15) is 9.90 Å². The summed E-state index contributed by atoms with van der Waals surface area (Å²) in [6, 6.07) is 15.6. The van der Waals surface area contributed by atoms with Crippen molar-refractivity contribution in [3.8, 4) is 17.0 Å². The minimum absolute atomic E-state index is 0.186. The van der Waals surface area contributed by atoms with Crippen LogP contribution in [0.5, 0.6) is 5.75 Å². The quantitative estimate of drug-likeness (QED) is 0.408. The Bertz CT molecular complexity index is 1250. The first-order valence-corrected chi connectivity index (χ1v) is 10.9. The fourth-order valence-electron chi connectivity index (χ4n) is 3.73. The van der Waals surface area contributed by atoms with E-state index in [4.69, 9.17) is 0 Å². The molecule has 1 N–H and O–H groups in total. The van der Waals surface area contributed by atoms with Crippen molar-refractivity contribution in [2.24, 2.45) is 0 Å². The number of phenols is 1. The van der Waals surface area contributed by atoms with Gasteiger partial charge in [-0.2, -0.15) is 4.98 Å². The van der Waals surface area contributed by atoms with Crippen LogP contribution in [0, 0.1) is 0 Å². The van der Waals surface area contributed by atoms with Gasteiger partial charge in [0.2, 0.25) is 0 Å². The van der Waals surface area contributed by atoms with Crippen LogP contribution in [0.15, 0.2) is 71.4 Å². The fourth-order valence-corrected chi connectivity index (χ4v) is 4.42. The number of hydrogen-bond acceptors (Lipinski definition) is 4. The van der Waals surface area contributed by atoms with Crippen molar-refractivity contribution in [1.82, 2.24) is 9.55 Å². The first kappa shape index (κ1) is 20.1. The molecular weight excluding hydrogens is 392 g/mol. The Hall–Kier alpha value is -3.18. The van der Waals surface area contributed by atoms with E-state index in [1.54, 1.807) is 34.1 Å². The Morgan fingerprint density at radius 1 is 1.17 bits per heavy atom. The number of fused-ring (bicyclic) bond motifs is 1. The summed E-state index contributed by atoms with van der Waals surface area (Å²) in [6.07, 6.45) is 2.24. The Kier molecular flexibility index (Phi) is 5.55. The number of aromatic nitrogens is 2. The van der Waals surface area contributed by atoms with Gasteiger partial charge in [0.1, 0.15) is 5.75 Å². The molecular formula is C25H24N2O2S. The molecule has 2 heterocycles. The molecule has 152 valence electrons. The first-order chi connectivity index (χ1) is 14.5. The zero-order chi connectivity index (χ0) is 21.3. The van der Waals surface area contributed by atoms with Gasteiger partial charge >= 0.3 is 5.69 Å². The maximum atomic E-state index is 13.1. The van der Waals surface area contributed by atoms with E-state index in [2.05, 4.69) is 37.5 Å². The maximum Gasteiger partial charge on any atom is 0.348 e. The van der Waals surface area contributed by atoms with E-state index in [0.717, 1.165) is 26.9 Å². The smallest absolute Gasteiger partial charge is 0.348 e. The largest absolute Gasteiger partial charge is 0.508 e. The molecule has 2 aromatic heterocycles. The summed E-state index contributed by atoms with van der Waals surface area (Å²) < 4.78 is 1.68. The topological polar surface area (TPSA) is 55.1 Å². The van der Waals surface area contributed by atoms with E-state index in [1.807, 2.05) is 29.6 Å². The van der Waals surface area contributed by atoms with Gasteiger partial charge in [-0.25, -0.2) is 4.79 Å². The minimum Gasteiger partial charge on any atom is -0.508 e. The molecule has 0 fully saturated rings. The van der Waals surface area contributed by atoms with Crippen LogP contribution in [-0.2, 0) is 13.0 Å². The second kappa shape index (κ2) is 8.28. The summed E-state index contributed by atoms with van der Waals surface area (Å²) in [7, 11) is 0. The number of phenolic OH excluding ortho intramolecular Hbond substituents is 1. The number of benzene rings is 2. The Labute approximate surface area is 179 Å². The zero-order valence-corrected chi connectivity index (χ0v) is 17.9. The highest BCUT2D eigenvalue weighted by molar-refractivity contribution is 7.09. The third-order valence-electron chi connectivity index (χ3n) is 5.33. The van der Waals surface area contributed by atoms with Crippen LogP contribution in [0.4, 0.5) is 0 Å². The lowest BCUT2D eigenvalue weighted by Gasteiger charge is -2.16. The molecule has 0 spiro atoms. The lowest BCUT2D eigenvalue weighted by atomic mass is 9.96. The van der Waals surface area contributed by atoms with Crippen molar-refractivity contribution >= 4 is 22.2 Å². The Balaban J connectivity index is 2.01. The number of allylic oxidation sites excluding steroid dienone is 1. The molecule has 0 aliphatic heterocycles. The van der Waals surface area contributed by atoms with Crippen LogP contribution < -0.4 is 5.69 Å². The van der Waals surface area contributed by atoms with E-state index in [1.165, 1.54) is 5.56 Å². The molecule has 0 atom stereocenters. The van der Waals surface area contributed by atoms with E-state index < -0.39 is 0 Å². The normalized spacial score (nSPS) is 11.3. The van der Waals surface area contributed by atoms with E-state index in [-0.39, 0.29) is 11.4 Å². The van der Waals surface area contributed by atoms with Crippen molar-refractivity contribution < 1.29 is 5.11 Å². The van der Waals surface area contributed by atoms with Crippen molar-refractivity contribution in [2.75, 3.05) is 0 Å². The number of rotatable bonds is 6. The summed E-state index contributed by atoms with van der Waals surface area (Å²) in [5.41, 5.74) is 3.89. The van der Waals surface area contributed by atoms with Crippen LogP contribution in [0.2, 0.25) is 0 Å². The first-order valence-electron chi connectivity index (χ1n) is 9.98. The van der Waals surface area contributed by atoms with Gasteiger partial charge in [0.15, 0.2) is 0 Å². The third kappa shape index (κ3) is 3.68. The molecule has 0 amide bonds. The summed E-state index contributed by atoms with van der Waals surface area (Å²) in [5, 5.41) is 13.4. The predicted octanol–water partition coefficient (Wildman–Crippen LogP) is 5.73. The molecule has 0 unspecified atom stereocenters. The molecule has 0 saturated carbocycles. The van der Waals surface area contributed by atoms with Crippen molar-refractivity contribution in [3.63, 3.8) is 0 Å². The summed E-state index contributed by atoms with van der Waals surface area (Å²) >= 11 is 1.60. The third-order valence-corrected chi connectivity index (χ3v) is 6.19. The van der Waals surface area contributed by atoms with Gasteiger partial charge in [-0.3, -0.25) is 4.57 Å². The van der Waals surface area contributed by atoms with Crippen LogP contribution >= 0.6 is 11.3 Å². The molecule has 0 aliphatic carbocycles. The van der Waals surface area contributed by atoms with Gasteiger partial charge < -0.3 is 5.11 Å². The van der Waals surface area contributed by atoms with Gasteiger partial charge in [-0.05, 0) is 41.5 Å². The molecule has 4 nitrogen and oxygen atoms in total. The fraction of sp³-hybridized carbons (Fsp3) is 0.200.